The second kappa shape index (κ2) is 13.6. The molecular formula is C34H27ClN6O7S2. The Kier molecular flexibility index (Phi) is 9.03. The first-order chi connectivity index (χ1) is 24.2. The van der Waals surface area contributed by atoms with Crippen molar-refractivity contribution in [3.63, 3.8) is 0 Å². The van der Waals surface area contributed by atoms with Crippen LogP contribution in [0.25, 0.3) is 17.5 Å². The summed E-state index contributed by atoms with van der Waals surface area (Å²) in [5.41, 5.74) is 1.84. The molecule has 50 heavy (non-hydrogen) atoms. The lowest BCUT2D eigenvalue weighted by atomic mass is 9.95. The third kappa shape index (κ3) is 6.08. The van der Waals surface area contributed by atoms with E-state index in [1.165, 1.54) is 28.5 Å². The van der Waals surface area contributed by atoms with Gasteiger partial charge in [0.25, 0.3) is 11.2 Å². The highest BCUT2D eigenvalue weighted by molar-refractivity contribution is 7.99. The van der Waals surface area contributed by atoms with Crippen molar-refractivity contribution < 1.29 is 23.9 Å². The molecule has 254 valence electrons. The van der Waals surface area contributed by atoms with E-state index >= 15 is 0 Å². The summed E-state index contributed by atoms with van der Waals surface area (Å²) in [5, 5.41) is 21.8. The summed E-state index contributed by atoms with van der Waals surface area (Å²) in [6.07, 6.45) is 1.60. The molecule has 0 unspecified atom stereocenters. The van der Waals surface area contributed by atoms with E-state index in [9.17, 15) is 19.7 Å². The van der Waals surface area contributed by atoms with Crippen molar-refractivity contribution in [2.75, 3.05) is 13.4 Å². The van der Waals surface area contributed by atoms with Crippen molar-refractivity contribution in [1.82, 2.24) is 19.3 Å². The molecule has 1 atom stereocenters. The normalized spacial score (nSPS) is 15.2. The number of carbonyl (C=O) groups is 1. The molecule has 0 amide bonds. The molecule has 0 spiro atoms. The Morgan fingerprint density at radius 1 is 1.14 bits per heavy atom. The third-order valence-corrected chi connectivity index (χ3v) is 10.3. The zero-order chi connectivity index (χ0) is 35.1. The number of hydrogen-bond acceptors (Lipinski definition) is 12. The number of nitro groups is 1. The molecule has 0 saturated heterocycles. The number of fused-ring (bicyclic) bond motifs is 2. The number of nitrogens with zero attached hydrogens (tertiary/aromatic N) is 6. The molecular weight excluding hydrogens is 704 g/mol. The number of halogens is 1. The number of thiazole rings is 1. The number of aromatic nitrogens is 4. The maximum Gasteiger partial charge on any atom is 0.338 e. The third-order valence-electron chi connectivity index (χ3n) is 8.04. The second-order valence-corrected chi connectivity index (χ2v) is 13.5. The van der Waals surface area contributed by atoms with Gasteiger partial charge < -0.3 is 18.8 Å². The second-order valence-electron chi connectivity index (χ2n) is 11.1. The van der Waals surface area contributed by atoms with Gasteiger partial charge in [-0.2, -0.15) is 0 Å². The molecule has 0 N–H and O–H groups in total. The van der Waals surface area contributed by atoms with Crippen LogP contribution in [0.2, 0.25) is 5.02 Å². The summed E-state index contributed by atoms with van der Waals surface area (Å²) in [4.78, 5) is 44.6. The Morgan fingerprint density at radius 3 is 2.72 bits per heavy atom. The number of rotatable bonds is 9. The SMILES string of the molecule is CCOC(=O)C1=C(C)N=c2s/c(=C/c3cc([N+](=O)[O-])ccc3Sc3nnc(-c4cccc(Cl)c4)n3CC)c(=O)n2[C@H]1c1ccc2c(c1)OCO2. The van der Waals surface area contributed by atoms with Gasteiger partial charge in [-0.25, -0.2) is 9.79 Å². The number of hydrogen-bond donors (Lipinski definition) is 0. The number of allylic oxidation sites excluding steroid dienone is 1. The van der Waals surface area contributed by atoms with Gasteiger partial charge in [0.05, 0.1) is 33.4 Å². The predicted molar refractivity (Wildman–Crippen MR) is 186 cm³/mol. The zero-order valence-electron chi connectivity index (χ0n) is 26.8. The Morgan fingerprint density at radius 2 is 1.96 bits per heavy atom. The molecule has 0 fully saturated rings. The van der Waals surface area contributed by atoms with E-state index in [1.54, 1.807) is 56.3 Å². The van der Waals surface area contributed by atoms with Crippen LogP contribution >= 0.6 is 34.7 Å². The van der Waals surface area contributed by atoms with Crippen molar-refractivity contribution in [2.24, 2.45) is 4.99 Å². The Balaban J connectivity index is 1.36. The smallest absolute Gasteiger partial charge is 0.338 e. The monoisotopic (exact) mass is 730 g/mol. The van der Waals surface area contributed by atoms with E-state index in [-0.39, 0.29) is 29.2 Å². The van der Waals surface area contributed by atoms with Crippen LogP contribution in [0.3, 0.4) is 0 Å². The highest BCUT2D eigenvalue weighted by atomic mass is 35.5. The van der Waals surface area contributed by atoms with E-state index in [0.29, 0.717) is 60.6 Å². The fraction of sp³-hybridized carbons (Fsp3) is 0.206. The average molecular weight is 731 g/mol. The molecule has 0 bridgehead atoms. The maximum absolute atomic E-state index is 14.3. The topological polar surface area (TPSA) is 153 Å². The van der Waals surface area contributed by atoms with Gasteiger partial charge >= 0.3 is 5.97 Å². The van der Waals surface area contributed by atoms with Gasteiger partial charge in [0, 0.05) is 34.2 Å². The predicted octanol–water partition coefficient (Wildman–Crippen LogP) is 5.52. The van der Waals surface area contributed by atoms with Crippen molar-refractivity contribution in [1.29, 1.82) is 0 Å². The molecule has 3 aromatic carbocycles. The van der Waals surface area contributed by atoms with Gasteiger partial charge in [0.15, 0.2) is 27.3 Å². The van der Waals surface area contributed by atoms with Crippen LogP contribution in [0, 0.1) is 10.1 Å². The molecule has 0 saturated carbocycles. The van der Waals surface area contributed by atoms with Crippen molar-refractivity contribution in [3.8, 4) is 22.9 Å². The van der Waals surface area contributed by atoms with Crippen LogP contribution in [-0.2, 0) is 16.1 Å². The van der Waals surface area contributed by atoms with Gasteiger partial charge in [-0.15, -0.1) is 10.2 Å². The Labute approximate surface area is 297 Å². The van der Waals surface area contributed by atoms with Crippen LogP contribution in [0.1, 0.15) is 37.9 Å². The van der Waals surface area contributed by atoms with Crippen LogP contribution in [0.4, 0.5) is 5.69 Å². The molecule has 2 aromatic heterocycles. The summed E-state index contributed by atoms with van der Waals surface area (Å²) >= 11 is 8.61. The highest BCUT2D eigenvalue weighted by Gasteiger charge is 2.34. The minimum Gasteiger partial charge on any atom is -0.463 e. The van der Waals surface area contributed by atoms with Crippen LogP contribution in [0.15, 0.2) is 91.8 Å². The van der Waals surface area contributed by atoms with E-state index < -0.39 is 22.5 Å². The lowest BCUT2D eigenvalue weighted by Gasteiger charge is -2.24. The molecule has 16 heteroatoms. The first-order valence-corrected chi connectivity index (χ1v) is 17.4. The van der Waals surface area contributed by atoms with Gasteiger partial charge in [0.2, 0.25) is 6.79 Å². The lowest BCUT2D eigenvalue weighted by Crippen LogP contribution is -2.39. The molecule has 5 aromatic rings. The van der Waals surface area contributed by atoms with Crippen molar-refractivity contribution >= 4 is 52.4 Å². The number of non-ortho nitro benzene ring substituents is 1. The minimum atomic E-state index is -0.881. The summed E-state index contributed by atoms with van der Waals surface area (Å²) in [6.45, 7) is 6.09. The Bertz CT molecular complexity index is 2420. The van der Waals surface area contributed by atoms with E-state index in [4.69, 9.17) is 25.8 Å². The first kappa shape index (κ1) is 33.3. The maximum atomic E-state index is 14.3. The zero-order valence-corrected chi connectivity index (χ0v) is 29.2. The fourth-order valence-electron chi connectivity index (χ4n) is 5.78. The largest absolute Gasteiger partial charge is 0.463 e. The molecule has 2 aliphatic heterocycles. The number of carbonyl (C=O) groups excluding carboxylic acids is 1. The standard InChI is InChI=1S/C34H27ClN6O7S2/c1-4-39-30(20-7-6-8-22(35)13-20)37-38-34(39)49-26-12-10-23(41(44)45)14-21(26)16-27-31(42)40-29(19-9-11-24-25(15-19)48-17-47-24)28(32(43)46-5-2)18(3)36-33(40)50-27/h6-16,29H,4-5,17H2,1-3H3/b27-16+/t29-/m0/s1. The molecule has 4 heterocycles. The molecule has 0 radical (unpaired) electrons. The fourth-order valence-corrected chi connectivity index (χ4v) is 7.98. The van der Waals surface area contributed by atoms with Crippen LogP contribution in [0.5, 0.6) is 11.5 Å². The molecule has 2 aliphatic rings. The Hall–Kier alpha value is -5.25. The summed E-state index contributed by atoms with van der Waals surface area (Å²) < 4.78 is 20.1. The number of esters is 1. The quantitative estimate of drug-likeness (QED) is 0.108. The molecule has 0 aliphatic carbocycles. The van der Waals surface area contributed by atoms with Gasteiger partial charge in [-0.3, -0.25) is 19.5 Å². The van der Waals surface area contributed by atoms with Gasteiger partial charge in [0.1, 0.15) is 0 Å². The summed E-state index contributed by atoms with van der Waals surface area (Å²) in [6, 6.07) is 16.1. The average Bonchev–Trinajstić information content (AvgIpc) is 3.81. The minimum absolute atomic E-state index is 0.0567. The van der Waals surface area contributed by atoms with E-state index in [0.717, 1.165) is 16.9 Å². The molecule has 7 rings (SSSR count). The number of benzene rings is 3. The number of nitro benzene ring substituents is 1. The summed E-state index contributed by atoms with van der Waals surface area (Å²) in [5.74, 6) is 1.05. The first-order valence-electron chi connectivity index (χ1n) is 15.4. The highest BCUT2D eigenvalue weighted by Crippen LogP contribution is 2.39. The lowest BCUT2D eigenvalue weighted by molar-refractivity contribution is -0.384. The van der Waals surface area contributed by atoms with Crippen LogP contribution in [-0.4, -0.2) is 43.6 Å². The number of ether oxygens (including phenoxy) is 3. The summed E-state index contributed by atoms with van der Waals surface area (Å²) in [7, 11) is 0. The van der Waals surface area contributed by atoms with Crippen LogP contribution < -0.4 is 24.4 Å². The van der Waals surface area contributed by atoms with Crippen molar-refractivity contribution in [3.05, 3.63) is 118 Å². The van der Waals surface area contributed by atoms with E-state index in [1.807, 2.05) is 23.6 Å². The van der Waals surface area contributed by atoms with Crippen molar-refractivity contribution in [2.45, 2.75) is 43.4 Å². The van der Waals surface area contributed by atoms with Gasteiger partial charge in [-0.1, -0.05) is 41.1 Å². The van der Waals surface area contributed by atoms with E-state index in [2.05, 4.69) is 15.2 Å². The molecule has 13 nitrogen and oxygen atoms in total. The van der Waals surface area contributed by atoms with Gasteiger partial charge in [-0.05, 0) is 80.1 Å².